The quantitative estimate of drug-likeness (QED) is 0.666. The van der Waals surface area contributed by atoms with Crippen LogP contribution in [0.15, 0.2) is 23.6 Å². The molecule has 1 amide bonds. The van der Waals surface area contributed by atoms with Crippen molar-refractivity contribution < 1.29 is 18.4 Å². The Morgan fingerprint density at radius 2 is 1.79 bits per heavy atom. The predicted molar refractivity (Wildman–Crippen MR) is 98.8 cm³/mol. The lowest BCUT2D eigenvalue weighted by Crippen LogP contribution is -2.25. The Bertz CT molecular complexity index is 775. The van der Waals surface area contributed by atoms with E-state index in [2.05, 4.69) is 0 Å². The molecule has 0 aliphatic heterocycles. The average Bonchev–Trinajstić information content (AvgIpc) is 2.79. The first kappa shape index (κ1) is 19.4. The van der Waals surface area contributed by atoms with Gasteiger partial charge in [-0.2, -0.15) is 0 Å². The van der Waals surface area contributed by atoms with Gasteiger partial charge in [0.25, 0.3) is 0 Å². The summed E-state index contributed by atoms with van der Waals surface area (Å²) in [5.41, 5.74) is 4.93. The van der Waals surface area contributed by atoms with E-state index in [0.29, 0.717) is 10.6 Å². The number of amides is 1. The molecule has 132 valence electrons. The molecule has 0 spiro atoms. The van der Waals surface area contributed by atoms with Crippen molar-refractivity contribution in [1.82, 2.24) is 0 Å². The van der Waals surface area contributed by atoms with Crippen molar-refractivity contribution in [2.45, 2.75) is 45.6 Å². The second-order valence-corrected chi connectivity index (χ2v) is 9.35. The minimum absolute atomic E-state index is 0.384. The molecule has 1 unspecified atom stereocenters. The van der Waals surface area contributed by atoms with Crippen molar-refractivity contribution in [3.63, 3.8) is 0 Å². The maximum atomic E-state index is 13.4. The van der Waals surface area contributed by atoms with Crippen molar-refractivity contribution in [3.8, 4) is 0 Å². The van der Waals surface area contributed by atoms with Crippen molar-refractivity contribution in [1.29, 1.82) is 0 Å². The smallest absolute Gasteiger partial charge is 0.348 e. The first-order valence-corrected chi connectivity index (χ1v) is 10.4. The Labute approximate surface area is 150 Å². The van der Waals surface area contributed by atoms with Gasteiger partial charge in [-0.25, -0.2) is 0 Å². The van der Waals surface area contributed by atoms with Crippen molar-refractivity contribution in [3.05, 3.63) is 34.2 Å². The number of thiophene rings is 1. The van der Waals surface area contributed by atoms with Crippen LogP contribution in [0.25, 0.3) is 10.1 Å². The third-order valence-electron chi connectivity index (χ3n) is 3.16. The molecule has 0 radical (unpaired) electrons. The lowest BCUT2D eigenvalue weighted by Gasteiger charge is -2.28. The fraction of sp³-hybridized carbons (Fsp3) is 0.438. The van der Waals surface area contributed by atoms with Gasteiger partial charge in [-0.15, -0.1) is 11.3 Å². The van der Waals surface area contributed by atoms with Gasteiger partial charge in [-0.3, -0.25) is 9.36 Å². The average molecular weight is 390 g/mol. The van der Waals surface area contributed by atoms with Gasteiger partial charge in [-0.05, 0) is 62.2 Å². The molecule has 1 heterocycles. The summed E-state index contributed by atoms with van der Waals surface area (Å²) >= 11 is 7.50. The first-order chi connectivity index (χ1) is 11.1. The summed E-state index contributed by atoms with van der Waals surface area (Å²) in [6.07, 6.45) is -0.769. The van der Waals surface area contributed by atoms with Crippen LogP contribution in [0.3, 0.4) is 0 Å². The fourth-order valence-electron chi connectivity index (χ4n) is 2.45. The molecule has 1 aromatic heterocycles. The normalized spacial score (nSPS) is 13.8. The van der Waals surface area contributed by atoms with E-state index in [0.717, 1.165) is 10.1 Å². The minimum Gasteiger partial charge on any atom is -0.369 e. The number of fused-ring (bicyclic) bond motifs is 1. The molecular formula is C16H21ClNO4PS. The maximum absolute atomic E-state index is 13.4. The molecule has 0 aliphatic rings. The van der Waals surface area contributed by atoms with Gasteiger partial charge in [0.05, 0.1) is 12.2 Å². The fourth-order valence-corrected chi connectivity index (χ4v) is 6.02. The molecule has 0 bridgehead atoms. The number of nitrogens with two attached hydrogens (primary N) is 1. The summed E-state index contributed by atoms with van der Waals surface area (Å²) in [5, 5.41) is 3.02. The summed E-state index contributed by atoms with van der Waals surface area (Å²) in [6.45, 7) is 6.93. The highest BCUT2D eigenvalue weighted by Crippen LogP contribution is 2.63. The molecule has 1 aromatic carbocycles. The number of primary amides is 1. The highest BCUT2D eigenvalue weighted by atomic mass is 35.5. The molecule has 1 atom stereocenters. The van der Waals surface area contributed by atoms with E-state index < -0.39 is 19.2 Å². The second kappa shape index (κ2) is 7.54. The molecule has 24 heavy (non-hydrogen) atoms. The largest absolute Gasteiger partial charge is 0.369 e. The molecule has 2 rings (SSSR count). The summed E-state index contributed by atoms with van der Waals surface area (Å²) < 4.78 is 25.5. The molecule has 0 aliphatic carbocycles. The zero-order chi connectivity index (χ0) is 18.1. The summed E-state index contributed by atoms with van der Waals surface area (Å²) in [6, 6.07) is 5.34. The van der Waals surface area contributed by atoms with Gasteiger partial charge in [0, 0.05) is 9.72 Å². The maximum Gasteiger partial charge on any atom is 0.348 e. The number of carbonyl (C=O) groups excluding carboxylic acids is 1. The van der Waals surface area contributed by atoms with Crippen LogP contribution in [-0.4, -0.2) is 18.1 Å². The highest BCUT2D eigenvalue weighted by Gasteiger charge is 2.44. The first-order valence-electron chi connectivity index (χ1n) is 7.56. The van der Waals surface area contributed by atoms with E-state index in [1.165, 1.54) is 11.3 Å². The van der Waals surface area contributed by atoms with E-state index in [-0.39, 0.29) is 12.2 Å². The molecule has 5 nitrogen and oxygen atoms in total. The van der Waals surface area contributed by atoms with E-state index in [1.54, 1.807) is 45.2 Å². The van der Waals surface area contributed by atoms with Crippen LogP contribution in [0.2, 0.25) is 5.02 Å². The number of benzene rings is 1. The van der Waals surface area contributed by atoms with Gasteiger partial charge < -0.3 is 14.8 Å². The molecule has 8 heteroatoms. The van der Waals surface area contributed by atoms with Gasteiger partial charge in [0.2, 0.25) is 5.91 Å². The molecule has 0 saturated carbocycles. The van der Waals surface area contributed by atoms with Crippen LogP contribution in [0.5, 0.6) is 0 Å². The third kappa shape index (κ3) is 4.19. The Balaban J connectivity index is 2.63. The van der Waals surface area contributed by atoms with Gasteiger partial charge >= 0.3 is 7.60 Å². The van der Waals surface area contributed by atoms with Gasteiger partial charge in [0.1, 0.15) is 0 Å². The SMILES string of the molecule is CC(C)OP(=O)(OC(C)C)C(C(N)=O)c1csc2ccc(Cl)cc12. The minimum atomic E-state index is -3.82. The van der Waals surface area contributed by atoms with E-state index in [9.17, 15) is 9.36 Å². The highest BCUT2D eigenvalue weighted by molar-refractivity contribution is 7.55. The molecule has 2 N–H and O–H groups in total. The van der Waals surface area contributed by atoms with E-state index >= 15 is 0 Å². The van der Waals surface area contributed by atoms with Crippen LogP contribution >= 0.6 is 30.5 Å². The Morgan fingerprint density at radius 3 is 2.29 bits per heavy atom. The topological polar surface area (TPSA) is 78.6 Å². The number of carbonyl (C=O) groups is 1. The number of hydrogen-bond donors (Lipinski definition) is 1. The van der Waals surface area contributed by atoms with Crippen molar-refractivity contribution >= 4 is 46.5 Å². The standard InChI is InChI=1S/C16H21ClNO4PS/c1-9(2)21-23(20,22-10(3)4)15(16(18)19)13-8-24-14-6-5-11(17)7-12(13)14/h5-10,15H,1-4H3,(H2,18,19). The van der Waals surface area contributed by atoms with E-state index in [1.807, 2.05) is 6.07 Å². The summed E-state index contributed by atoms with van der Waals surface area (Å²) in [5.74, 6) is -0.751. The second-order valence-electron chi connectivity index (χ2n) is 5.98. The van der Waals surface area contributed by atoms with Crippen molar-refractivity contribution in [2.24, 2.45) is 5.73 Å². The predicted octanol–water partition coefficient (Wildman–Crippen LogP) is 5.12. The third-order valence-corrected chi connectivity index (χ3v) is 6.97. The van der Waals surface area contributed by atoms with Crippen molar-refractivity contribution in [2.75, 3.05) is 0 Å². The molecule has 0 fully saturated rings. The lowest BCUT2D eigenvalue weighted by molar-refractivity contribution is -0.118. The number of rotatable bonds is 7. The van der Waals surface area contributed by atoms with E-state index in [4.69, 9.17) is 26.4 Å². The van der Waals surface area contributed by atoms with Crippen LogP contribution in [-0.2, 0) is 18.4 Å². The Hall–Kier alpha value is -0.910. The van der Waals surface area contributed by atoms with Crippen LogP contribution in [0, 0.1) is 0 Å². The Kier molecular flexibility index (Phi) is 6.10. The molecule has 2 aromatic rings. The van der Waals surface area contributed by atoms with Gasteiger partial charge in [-0.1, -0.05) is 11.6 Å². The van der Waals surface area contributed by atoms with Crippen LogP contribution < -0.4 is 5.73 Å². The summed E-state index contributed by atoms with van der Waals surface area (Å²) in [7, 11) is -3.82. The van der Waals surface area contributed by atoms with Crippen LogP contribution in [0.4, 0.5) is 0 Å². The monoisotopic (exact) mass is 389 g/mol. The van der Waals surface area contributed by atoms with Crippen LogP contribution in [0.1, 0.15) is 38.9 Å². The Morgan fingerprint density at radius 1 is 1.21 bits per heavy atom. The summed E-state index contributed by atoms with van der Waals surface area (Å²) in [4.78, 5) is 12.2. The lowest BCUT2D eigenvalue weighted by atomic mass is 10.1. The van der Waals surface area contributed by atoms with Gasteiger partial charge in [0.15, 0.2) is 5.66 Å². The zero-order valence-electron chi connectivity index (χ0n) is 14.0. The molecule has 0 saturated heterocycles. The molecular weight excluding hydrogens is 369 g/mol. The number of hydrogen-bond acceptors (Lipinski definition) is 5. The number of halogens is 1. The zero-order valence-corrected chi connectivity index (χ0v) is 16.5.